The number of pyridine rings is 1. The van der Waals surface area contributed by atoms with Crippen molar-refractivity contribution in [2.24, 2.45) is 0 Å². The van der Waals surface area contributed by atoms with Crippen molar-refractivity contribution in [2.45, 2.75) is 6.92 Å². The molecule has 0 bridgehead atoms. The van der Waals surface area contributed by atoms with E-state index in [2.05, 4.69) is 41.2 Å². The summed E-state index contributed by atoms with van der Waals surface area (Å²) in [5.41, 5.74) is 3.52. The van der Waals surface area contributed by atoms with Gasteiger partial charge in [0.05, 0.1) is 7.11 Å². The zero-order valence-corrected chi connectivity index (χ0v) is 11.4. The van der Waals surface area contributed by atoms with E-state index in [9.17, 15) is 0 Å². The normalized spacial score (nSPS) is 11.5. The van der Waals surface area contributed by atoms with Crippen molar-refractivity contribution in [2.75, 3.05) is 7.11 Å². The summed E-state index contributed by atoms with van der Waals surface area (Å²) in [4.78, 5) is 7.77. The van der Waals surface area contributed by atoms with Crippen molar-refractivity contribution in [1.82, 2.24) is 9.97 Å². The molecule has 0 spiro atoms. The second-order valence-electron chi connectivity index (χ2n) is 5.07. The molecule has 4 rings (SSSR count). The number of rotatable bonds is 1. The third-order valence-electron chi connectivity index (χ3n) is 3.91. The molecule has 1 N–H and O–H groups in total. The first-order valence-electron chi connectivity index (χ1n) is 6.60. The van der Waals surface area contributed by atoms with Crippen LogP contribution >= 0.6 is 0 Å². The van der Waals surface area contributed by atoms with E-state index in [1.54, 1.807) is 7.11 Å². The third-order valence-corrected chi connectivity index (χ3v) is 3.91. The van der Waals surface area contributed by atoms with Gasteiger partial charge in [0.1, 0.15) is 5.75 Å². The number of hydrogen-bond acceptors (Lipinski definition) is 2. The highest BCUT2D eigenvalue weighted by Crippen LogP contribution is 2.35. The maximum atomic E-state index is 5.35. The van der Waals surface area contributed by atoms with E-state index < -0.39 is 0 Å². The summed E-state index contributed by atoms with van der Waals surface area (Å²) in [6.45, 7) is 2.13. The molecule has 0 saturated carbocycles. The Morgan fingerprint density at radius 1 is 1.00 bits per heavy atom. The number of fused-ring (bicyclic) bond motifs is 5. The number of aryl methyl sites for hydroxylation is 1. The highest BCUT2D eigenvalue weighted by Gasteiger charge is 2.10. The minimum absolute atomic E-state index is 0.871. The maximum absolute atomic E-state index is 5.35. The quantitative estimate of drug-likeness (QED) is 0.558. The van der Waals surface area contributed by atoms with E-state index in [0.717, 1.165) is 16.8 Å². The Bertz CT molecular complexity index is 953. The van der Waals surface area contributed by atoms with Crippen molar-refractivity contribution in [3.05, 3.63) is 48.3 Å². The summed E-state index contributed by atoms with van der Waals surface area (Å²) < 4.78 is 5.35. The van der Waals surface area contributed by atoms with Crippen LogP contribution in [0.5, 0.6) is 5.75 Å². The van der Waals surface area contributed by atoms with Gasteiger partial charge < -0.3 is 9.72 Å². The van der Waals surface area contributed by atoms with Crippen LogP contribution in [0.15, 0.2) is 42.7 Å². The molecule has 0 unspecified atom stereocenters. The molecule has 0 aliphatic rings. The predicted molar refractivity (Wildman–Crippen MR) is 82.4 cm³/mol. The van der Waals surface area contributed by atoms with Gasteiger partial charge in [0.15, 0.2) is 0 Å². The van der Waals surface area contributed by atoms with Gasteiger partial charge in [-0.25, -0.2) is 0 Å². The topological polar surface area (TPSA) is 37.9 Å². The number of aromatic nitrogens is 2. The monoisotopic (exact) mass is 262 g/mol. The fourth-order valence-corrected chi connectivity index (χ4v) is 2.95. The molecule has 0 aliphatic carbocycles. The number of benzene rings is 2. The lowest BCUT2D eigenvalue weighted by Gasteiger charge is -2.04. The van der Waals surface area contributed by atoms with Gasteiger partial charge >= 0.3 is 0 Å². The van der Waals surface area contributed by atoms with Crippen molar-refractivity contribution >= 4 is 32.6 Å². The minimum Gasteiger partial charge on any atom is -0.497 e. The van der Waals surface area contributed by atoms with E-state index in [0.29, 0.717) is 0 Å². The molecule has 98 valence electrons. The number of H-pyrrole nitrogens is 1. The lowest BCUT2D eigenvalue weighted by atomic mass is 10.0. The predicted octanol–water partition coefficient (Wildman–Crippen LogP) is 4.19. The Balaban J connectivity index is 2.28. The molecular weight excluding hydrogens is 248 g/mol. The van der Waals surface area contributed by atoms with Crippen LogP contribution in [-0.2, 0) is 0 Å². The minimum atomic E-state index is 0.871. The molecule has 0 atom stereocenters. The first-order valence-corrected chi connectivity index (χ1v) is 6.60. The van der Waals surface area contributed by atoms with Crippen LogP contribution in [0.2, 0.25) is 0 Å². The Labute approximate surface area is 116 Å². The molecule has 0 aliphatic heterocycles. The maximum Gasteiger partial charge on any atom is 0.119 e. The highest BCUT2D eigenvalue weighted by atomic mass is 16.5. The molecule has 20 heavy (non-hydrogen) atoms. The molecule has 0 amide bonds. The number of aromatic amines is 1. The van der Waals surface area contributed by atoms with Crippen molar-refractivity contribution in [3.8, 4) is 5.75 Å². The largest absolute Gasteiger partial charge is 0.497 e. The Hall–Kier alpha value is -2.55. The van der Waals surface area contributed by atoms with Crippen LogP contribution in [0.4, 0.5) is 0 Å². The highest BCUT2D eigenvalue weighted by molar-refractivity contribution is 6.20. The Morgan fingerprint density at radius 3 is 2.75 bits per heavy atom. The Morgan fingerprint density at radius 2 is 1.90 bits per heavy atom. The van der Waals surface area contributed by atoms with Crippen LogP contribution in [0.25, 0.3) is 32.6 Å². The van der Waals surface area contributed by atoms with Gasteiger partial charge in [0.2, 0.25) is 0 Å². The van der Waals surface area contributed by atoms with Gasteiger partial charge in [-0.15, -0.1) is 0 Å². The second-order valence-corrected chi connectivity index (χ2v) is 5.07. The van der Waals surface area contributed by atoms with Gasteiger partial charge in [0.25, 0.3) is 0 Å². The van der Waals surface area contributed by atoms with Crippen LogP contribution in [0.3, 0.4) is 0 Å². The van der Waals surface area contributed by atoms with Crippen LogP contribution in [0.1, 0.15) is 5.56 Å². The summed E-state index contributed by atoms with van der Waals surface area (Å²) >= 11 is 0. The molecule has 4 aromatic rings. The summed E-state index contributed by atoms with van der Waals surface area (Å²) in [5, 5.41) is 4.82. The smallest absolute Gasteiger partial charge is 0.119 e. The number of ether oxygens (including phenoxy) is 1. The summed E-state index contributed by atoms with van der Waals surface area (Å²) in [5.74, 6) is 0.871. The van der Waals surface area contributed by atoms with Crippen molar-refractivity contribution in [3.63, 3.8) is 0 Å². The van der Waals surface area contributed by atoms with Gasteiger partial charge in [-0.05, 0) is 48.2 Å². The summed E-state index contributed by atoms with van der Waals surface area (Å²) in [7, 11) is 1.69. The van der Waals surface area contributed by atoms with Crippen LogP contribution in [-0.4, -0.2) is 17.1 Å². The zero-order chi connectivity index (χ0) is 13.7. The summed E-state index contributed by atoms with van der Waals surface area (Å²) in [6, 6.07) is 10.4. The van der Waals surface area contributed by atoms with E-state index in [1.807, 2.05) is 18.5 Å². The molecular formula is C17H14N2O. The number of hydrogen-bond donors (Lipinski definition) is 1. The average Bonchev–Trinajstić information content (AvgIpc) is 2.84. The SMILES string of the molecule is COc1ccc2[nH]c3cc(C)c4ccncc4c3c2c1. The lowest BCUT2D eigenvalue weighted by molar-refractivity contribution is 0.415. The van der Waals surface area contributed by atoms with Crippen molar-refractivity contribution in [1.29, 1.82) is 0 Å². The zero-order valence-electron chi connectivity index (χ0n) is 11.4. The van der Waals surface area contributed by atoms with Gasteiger partial charge in [0, 0.05) is 39.6 Å². The molecule has 2 aromatic heterocycles. The molecule has 2 heterocycles. The standard InChI is InChI=1S/C17H14N2O/c1-10-7-16-17(14-9-18-6-5-12(10)14)13-8-11(20-2)3-4-15(13)19-16/h3-9,19H,1-2H3. The molecule has 0 radical (unpaired) electrons. The van der Waals surface area contributed by atoms with E-state index >= 15 is 0 Å². The number of nitrogens with one attached hydrogen (secondary N) is 1. The van der Waals surface area contributed by atoms with Gasteiger partial charge in [-0.1, -0.05) is 0 Å². The molecule has 2 aromatic carbocycles. The molecule has 0 saturated heterocycles. The van der Waals surface area contributed by atoms with E-state index in [1.165, 1.54) is 27.1 Å². The molecule has 3 nitrogen and oxygen atoms in total. The first-order chi connectivity index (χ1) is 9.78. The first kappa shape index (κ1) is 11.3. The Kier molecular flexibility index (Phi) is 2.24. The average molecular weight is 262 g/mol. The number of methoxy groups -OCH3 is 1. The third kappa shape index (κ3) is 1.43. The second kappa shape index (κ2) is 3.97. The van der Waals surface area contributed by atoms with Crippen LogP contribution < -0.4 is 4.74 Å². The fraction of sp³-hybridized carbons (Fsp3) is 0.118. The molecule has 3 heteroatoms. The fourth-order valence-electron chi connectivity index (χ4n) is 2.95. The van der Waals surface area contributed by atoms with E-state index in [4.69, 9.17) is 4.74 Å². The van der Waals surface area contributed by atoms with Crippen molar-refractivity contribution < 1.29 is 4.74 Å². The lowest BCUT2D eigenvalue weighted by Crippen LogP contribution is -1.83. The van der Waals surface area contributed by atoms with Gasteiger partial charge in [-0.2, -0.15) is 0 Å². The van der Waals surface area contributed by atoms with Crippen LogP contribution in [0, 0.1) is 6.92 Å². The van der Waals surface area contributed by atoms with E-state index in [-0.39, 0.29) is 0 Å². The number of nitrogens with zero attached hydrogens (tertiary/aromatic N) is 1. The molecule has 0 fully saturated rings. The van der Waals surface area contributed by atoms with Gasteiger partial charge in [-0.3, -0.25) is 4.98 Å². The summed E-state index contributed by atoms with van der Waals surface area (Å²) in [6.07, 6.45) is 3.79.